The van der Waals surface area contributed by atoms with Crippen LogP contribution in [0.25, 0.3) is 16.5 Å². The van der Waals surface area contributed by atoms with Crippen molar-refractivity contribution >= 4 is 16.5 Å². The lowest BCUT2D eigenvalue weighted by molar-refractivity contribution is 0.336. The number of allylic oxidation sites excluding steroid dienone is 1. The van der Waals surface area contributed by atoms with Crippen LogP contribution in [0, 0.1) is 11.7 Å². The fourth-order valence-electron chi connectivity index (χ4n) is 4.82. The molecule has 0 N–H and O–H groups in total. The summed E-state index contributed by atoms with van der Waals surface area (Å²) in [4.78, 5) is 12.6. The van der Waals surface area contributed by atoms with Crippen molar-refractivity contribution in [1.29, 1.82) is 0 Å². The van der Waals surface area contributed by atoms with Gasteiger partial charge in [-0.05, 0) is 92.3 Å². The quantitative estimate of drug-likeness (QED) is 0.194. The minimum Gasteiger partial charge on any atom is -0.494 e. The van der Waals surface area contributed by atoms with E-state index in [0.29, 0.717) is 23.5 Å². The zero-order chi connectivity index (χ0) is 28.6. The van der Waals surface area contributed by atoms with E-state index < -0.39 is 0 Å². The third-order valence-electron chi connectivity index (χ3n) is 7.18. The lowest BCUT2D eigenvalue weighted by atomic mass is 9.86. The highest BCUT2D eigenvalue weighted by Crippen LogP contribution is 2.30. The first kappa shape index (κ1) is 32.3. The second kappa shape index (κ2) is 17.7. The van der Waals surface area contributed by atoms with E-state index in [4.69, 9.17) is 9.15 Å². The Labute approximate surface area is 235 Å². The Bertz CT molecular complexity index is 1190. The van der Waals surface area contributed by atoms with Crippen LogP contribution in [0.5, 0.6) is 5.75 Å². The predicted octanol–water partition coefficient (Wildman–Crippen LogP) is 10.3. The first-order valence-electron chi connectivity index (χ1n) is 15.0. The van der Waals surface area contributed by atoms with Crippen LogP contribution < -0.4 is 10.2 Å². The third kappa shape index (κ3) is 9.98. The average Bonchev–Trinajstić information content (AvgIpc) is 2.94. The van der Waals surface area contributed by atoms with Crippen LogP contribution in [-0.4, -0.2) is 6.61 Å². The van der Waals surface area contributed by atoms with Crippen LogP contribution in [0.1, 0.15) is 109 Å². The van der Waals surface area contributed by atoms with Gasteiger partial charge in [0.15, 0.2) is 5.43 Å². The van der Waals surface area contributed by atoms with Crippen molar-refractivity contribution in [2.75, 3.05) is 6.61 Å². The molecule has 214 valence electrons. The molecule has 4 heteroatoms. The summed E-state index contributed by atoms with van der Waals surface area (Å²) in [6.07, 6.45) is 13.7. The lowest BCUT2D eigenvalue weighted by Crippen LogP contribution is -2.09. The second-order valence-electron chi connectivity index (χ2n) is 10.3. The Morgan fingerprint density at radius 2 is 1.51 bits per heavy atom. The molecule has 3 nitrogen and oxygen atoms in total. The summed E-state index contributed by atoms with van der Waals surface area (Å²) < 4.78 is 24.3. The molecule has 2 aromatic carbocycles. The first-order chi connectivity index (χ1) is 18.9. The Hall–Kier alpha value is -2.88. The van der Waals surface area contributed by atoms with Crippen molar-refractivity contribution in [3.63, 3.8) is 0 Å². The smallest absolute Gasteiger partial charge is 0.195 e. The zero-order valence-corrected chi connectivity index (χ0v) is 24.9. The van der Waals surface area contributed by atoms with E-state index in [1.807, 2.05) is 31.2 Å². The molecular formula is C35H49FO3. The van der Waals surface area contributed by atoms with E-state index in [1.54, 1.807) is 6.26 Å². The van der Waals surface area contributed by atoms with Crippen molar-refractivity contribution in [3.8, 4) is 5.75 Å². The van der Waals surface area contributed by atoms with E-state index in [2.05, 4.69) is 34.3 Å². The first-order valence-corrected chi connectivity index (χ1v) is 15.0. The number of hydrogen-bond acceptors (Lipinski definition) is 3. The van der Waals surface area contributed by atoms with Gasteiger partial charge in [-0.3, -0.25) is 4.79 Å². The van der Waals surface area contributed by atoms with Gasteiger partial charge in [-0.1, -0.05) is 78.5 Å². The molecule has 0 aliphatic carbocycles. The van der Waals surface area contributed by atoms with Crippen molar-refractivity contribution in [3.05, 3.63) is 82.0 Å². The Balaban J connectivity index is 0.000000283. The van der Waals surface area contributed by atoms with Gasteiger partial charge in [0.05, 0.1) is 18.3 Å². The van der Waals surface area contributed by atoms with Crippen LogP contribution in [0.15, 0.2) is 58.5 Å². The topological polar surface area (TPSA) is 39.4 Å². The SMILES string of the molecule is C=C(c1ccc(F)cc1)C(CCC)CCCC.CCCCc1cc2occ(CCCC)c(=O)c2cc1OCC. The summed E-state index contributed by atoms with van der Waals surface area (Å²) in [5.41, 5.74) is 4.89. The zero-order valence-electron chi connectivity index (χ0n) is 24.9. The highest BCUT2D eigenvalue weighted by molar-refractivity contribution is 5.80. The number of fused-ring (bicyclic) bond motifs is 1. The van der Waals surface area contributed by atoms with Crippen LogP contribution in [0.2, 0.25) is 0 Å². The normalized spacial score (nSPS) is 11.6. The number of aryl methyl sites for hydroxylation is 2. The molecule has 1 heterocycles. The highest BCUT2D eigenvalue weighted by atomic mass is 19.1. The van der Waals surface area contributed by atoms with Gasteiger partial charge in [-0.2, -0.15) is 0 Å². The number of halogens is 1. The van der Waals surface area contributed by atoms with Gasteiger partial charge < -0.3 is 9.15 Å². The molecule has 0 radical (unpaired) electrons. The van der Waals surface area contributed by atoms with Crippen LogP contribution in [-0.2, 0) is 12.8 Å². The molecule has 0 amide bonds. The number of unbranched alkanes of at least 4 members (excludes halogenated alkanes) is 3. The average molecular weight is 537 g/mol. The molecule has 1 aromatic heterocycles. The molecular weight excluding hydrogens is 487 g/mol. The third-order valence-corrected chi connectivity index (χ3v) is 7.18. The molecule has 0 saturated carbocycles. The lowest BCUT2D eigenvalue weighted by Gasteiger charge is -2.19. The number of benzene rings is 2. The number of rotatable bonds is 15. The summed E-state index contributed by atoms with van der Waals surface area (Å²) in [5.74, 6) is 1.19. The van der Waals surface area contributed by atoms with Gasteiger partial charge in [0, 0.05) is 5.56 Å². The summed E-state index contributed by atoms with van der Waals surface area (Å²) in [6, 6.07) is 10.6. The maximum absolute atomic E-state index is 12.9. The summed E-state index contributed by atoms with van der Waals surface area (Å²) in [5, 5.41) is 0.636. The molecule has 3 rings (SSSR count). The Morgan fingerprint density at radius 3 is 2.10 bits per heavy atom. The van der Waals surface area contributed by atoms with E-state index in [0.717, 1.165) is 61.0 Å². The van der Waals surface area contributed by atoms with Gasteiger partial charge >= 0.3 is 0 Å². The van der Waals surface area contributed by atoms with Crippen LogP contribution in [0.3, 0.4) is 0 Å². The highest BCUT2D eigenvalue weighted by Gasteiger charge is 2.14. The van der Waals surface area contributed by atoms with Crippen molar-refractivity contribution in [2.45, 2.75) is 105 Å². The molecule has 0 saturated heterocycles. The number of hydrogen-bond donors (Lipinski definition) is 0. The minimum atomic E-state index is -0.179. The van der Waals surface area contributed by atoms with Gasteiger partial charge in [0.2, 0.25) is 0 Å². The molecule has 0 spiro atoms. The van der Waals surface area contributed by atoms with Gasteiger partial charge in [0.1, 0.15) is 17.1 Å². The molecule has 1 atom stereocenters. The molecule has 0 fully saturated rings. The fraction of sp³-hybridized carbons (Fsp3) is 0.514. The predicted molar refractivity (Wildman–Crippen MR) is 164 cm³/mol. The maximum Gasteiger partial charge on any atom is 0.195 e. The number of ether oxygens (including phenoxy) is 1. The fourth-order valence-corrected chi connectivity index (χ4v) is 4.82. The Kier molecular flexibility index (Phi) is 14.6. The van der Waals surface area contributed by atoms with Crippen molar-refractivity contribution in [2.24, 2.45) is 5.92 Å². The maximum atomic E-state index is 12.9. The van der Waals surface area contributed by atoms with E-state index >= 15 is 0 Å². The van der Waals surface area contributed by atoms with Crippen molar-refractivity contribution in [1.82, 2.24) is 0 Å². The van der Waals surface area contributed by atoms with Gasteiger partial charge in [0.25, 0.3) is 0 Å². The van der Waals surface area contributed by atoms with Gasteiger partial charge in [-0.15, -0.1) is 0 Å². The van der Waals surface area contributed by atoms with Crippen molar-refractivity contribution < 1.29 is 13.5 Å². The Morgan fingerprint density at radius 1 is 0.872 bits per heavy atom. The largest absolute Gasteiger partial charge is 0.494 e. The molecule has 39 heavy (non-hydrogen) atoms. The van der Waals surface area contributed by atoms with E-state index in [9.17, 15) is 9.18 Å². The summed E-state index contributed by atoms with van der Waals surface area (Å²) in [6.45, 7) is 15.5. The van der Waals surface area contributed by atoms with E-state index in [1.165, 1.54) is 49.8 Å². The van der Waals surface area contributed by atoms with Gasteiger partial charge in [-0.25, -0.2) is 4.39 Å². The second-order valence-corrected chi connectivity index (χ2v) is 10.3. The monoisotopic (exact) mass is 536 g/mol. The molecule has 0 bridgehead atoms. The molecule has 0 aliphatic rings. The standard InChI is InChI=1S/C19H26O3.C16H23F/c1-4-7-9-14-11-18-16(12-17(14)21-6-3)19(20)15(13-22-18)10-8-5-2;1-4-6-8-14(7-5-2)13(3)15-9-11-16(17)12-10-15/h11-13H,4-10H2,1-3H3;9-12,14H,3-8H2,1-2H3. The minimum absolute atomic E-state index is 0.0812. The molecule has 0 aliphatic heterocycles. The molecule has 3 aromatic rings. The van der Waals surface area contributed by atoms with Crippen LogP contribution >= 0.6 is 0 Å². The molecule has 1 unspecified atom stereocenters. The van der Waals surface area contributed by atoms with Crippen LogP contribution in [0.4, 0.5) is 4.39 Å². The summed E-state index contributed by atoms with van der Waals surface area (Å²) in [7, 11) is 0. The van der Waals surface area contributed by atoms with E-state index in [-0.39, 0.29) is 11.2 Å². The summed E-state index contributed by atoms with van der Waals surface area (Å²) >= 11 is 0.